The molecule has 7 nitrogen and oxygen atoms in total. The normalized spacial score (nSPS) is 17.7. The van der Waals surface area contributed by atoms with Crippen LogP contribution < -0.4 is 20.3 Å². The van der Waals surface area contributed by atoms with Gasteiger partial charge >= 0.3 is 0 Å². The average molecular weight is 518 g/mol. The van der Waals surface area contributed by atoms with Gasteiger partial charge in [0, 0.05) is 44.3 Å². The van der Waals surface area contributed by atoms with Gasteiger partial charge in [0.15, 0.2) is 5.11 Å². The van der Waals surface area contributed by atoms with E-state index in [2.05, 4.69) is 57.8 Å². The molecule has 0 unspecified atom stereocenters. The van der Waals surface area contributed by atoms with Crippen LogP contribution in [0.1, 0.15) is 38.2 Å². The van der Waals surface area contributed by atoms with Crippen LogP contribution in [0, 0.1) is 5.92 Å². The number of hydrogen-bond acceptors (Lipinski definition) is 6. The number of rotatable bonds is 7. The van der Waals surface area contributed by atoms with Gasteiger partial charge in [0.25, 0.3) is 0 Å². The molecular weight excluding hydrogens is 482 g/mol. The first-order chi connectivity index (χ1) is 18.1. The van der Waals surface area contributed by atoms with E-state index in [4.69, 9.17) is 26.7 Å². The van der Waals surface area contributed by atoms with Crippen molar-refractivity contribution >= 4 is 29.1 Å². The zero-order valence-corrected chi connectivity index (χ0v) is 22.2. The van der Waals surface area contributed by atoms with Gasteiger partial charge in [-0.25, -0.2) is 0 Å². The Morgan fingerprint density at radius 2 is 1.70 bits per heavy atom. The van der Waals surface area contributed by atoms with Gasteiger partial charge in [-0.2, -0.15) is 9.97 Å². The van der Waals surface area contributed by atoms with Gasteiger partial charge in [0.2, 0.25) is 11.8 Å². The summed E-state index contributed by atoms with van der Waals surface area (Å²) in [5.41, 5.74) is 1.28. The lowest BCUT2D eigenvalue weighted by Crippen LogP contribution is -2.45. The molecule has 3 heterocycles. The molecule has 8 heteroatoms. The topological polar surface area (TPSA) is 71.5 Å². The molecule has 3 aromatic rings. The number of piperidine rings is 1. The molecule has 2 N–H and O–H groups in total. The van der Waals surface area contributed by atoms with Crippen LogP contribution in [-0.2, 0) is 10.2 Å². The second-order valence-corrected chi connectivity index (χ2v) is 10.4. The fraction of sp³-hybridized carbons (Fsp3) is 0.414. The van der Waals surface area contributed by atoms with Crippen LogP contribution in [0.4, 0.5) is 11.8 Å². The van der Waals surface area contributed by atoms with Crippen molar-refractivity contribution in [3.63, 3.8) is 0 Å². The second kappa shape index (κ2) is 11.9. The monoisotopic (exact) mass is 517 g/mol. The highest BCUT2D eigenvalue weighted by Crippen LogP contribution is 2.34. The van der Waals surface area contributed by atoms with E-state index in [9.17, 15) is 0 Å². The molecule has 1 aromatic heterocycles. The van der Waals surface area contributed by atoms with Gasteiger partial charge in [0.1, 0.15) is 11.6 Å². The van der Waals surface area contributed by atoms with E-state index >= 15 is 0 Å². The predicted molar refractivity (Wildman–Crippen MR) is 152 cm³/mol. The molecule has 2 aromatic carbocycles. The summed E-state index contributed by atoms with van der Waals surface area (Å²) < 4.78 is 11.8. The molecule has 2 aliphatic rings. The molecule has 2 aliphatic heterocycles. The number of thiocarbonyl (C=S) groups is 1. The van der Waals surface area contributed by atoms with Gasteiger partial charge in [-0.15, -0.1) is 0 Å². The highest BCUT2D eigenvalue weighted by Gasteiger charge is 2.34. The number of anilines is 2. The molecule has 0 aliphatic carbocycles. The quantitative estimate of drug-likeness (QED) is 0.396. The Bertz CT molecular complexity index is 1160. The molecule has 0 amide bonds. The van der Waals surface area contributed by atoms with Gasteiger partial charge in [0.05, 0.1) is 0 Å². The first-order valence-electron chi connectivity index (χ1n) is 13.1. The molecule has 0 radical (unpaired) electrons. The van der Waals surface area contributed by atoms with Crippen LogP contribution in [-0.4, -0.2) is 47.9 Å². The second-order valence-electron chi connectivity index (χ2n) is 10.0. The number of hydrogen-bond donors (Lipinski definition) is 2. The van der Waals surface area contributed by atoms with E-state index in [1.54, 1.807) is 0 Å². The lowest BCUT2D eigenvalue weighted by Gasteiger charge is -2.38. The SMILES string of the molecule is CC1CCN(c2cc(Oc3ccccc3)nc(NC(=S)NCC3(c4ccccc4)CCOCC3)n2)CC1. The van der Waals surface area contributed by atoms with Crippen LogP contribution >= 0.6 is 12.2 Å². The summed E-state index contributed by atoms with van der Waals surface area (Å²) in [5.74, 6) is 3.24. The summed E-state index contributed by atoms with van der Waals surface area (Å²) in [6, 6.07) is 22.2. The molecule has 5 rings (SSSR count). The van der Waals surface area contributed by atoms with Crippen molar-refractivity contribution in [1.29, 1.82) is 0 Å². The molecule has 37 heavy (non-hydrogen) atoms. The Balaban J connectivity index is 1.32. The van der Waals surface area contributed by atoms with E-state index in [1.807, 2.05) is 36.4 Å². The molecule has 0 atom stereocenters. The maximum atomic E-state index is 6.09. The van der Waals surface area contributed by atoms with Gasteiger partial charge in [-0.1, -0.05) is 55.5 Å². The number of nitrogens with one attached hydrogen (secondary N) is 2. The third kappa shape index (κ3) is 6.56. The van der Waals surface area contributed by atoms with Gasteiger partial charge in [-0.3, -0.25) is 0 Å². The minimum absolute atomic E-state index is 0.0277. The zero-order valence-electron chi connectivity index (χ0n) is 21.4. The maximum Gasteiger partial charge on any atom is 0.234 e. The Morgan fingerprint density at radius 1 is 1.03 bits per heavy atom. The van der Waals surface area contributed by atoms with E-state index in [0.29, 0.717) is 23.5 Å². The zero-order chi connectivity index (χ0) is 25.5. The Morgan fingerprint density at radius 3 is 2.41 bits per heavy atom. The number of benzene rings is 2. The highest BCUT2D eigenvalue weighted by atomic mass is 32.1. The van der Waals surface area contributed by atoms with E-state index in [0.717, 1.165) is 69.5 Å². The molecule has 2 saturated heterocycles. The maximum absolute atomic E-state index is 6.09. The van der Waals surface area contributed by atoms with Crippen molar-refractivity contribution in [2.75, 3.05) is 43.1 Å². The molecular formula is C29H35N5O2S. The van der Waals surface area contributed by atoms with Crippen molar-refractivity contribution in [3.05, 3.63) is 72.3 Å². The summed E-state index contributed by atoms with van der Waals surface area (Å²) in [7, 11) is 0. The number of ether oxygens (including phenoxy) is 2. The van der Waals surface area contributed by atoms with Crippen molar-refractivity contribution in [2.24, 2.45) is 5.92 Å². The molecule has 194 valence electrons. The van der Waals surface area contributed by atoms with Crippen LogP contribution in [0.2, 0.25) is 0 Å². The first kappa shape index (κ1) is 25.4. The summed E-state index contributed by atoms with van der Waals surface area (Å²) in [6.07, 6.45) is 4.18. The van der Waals surface area contributed by atoms with Crippen LogP contribution in [0.3, 0.4) is 0 Å². The third-order valence-electron chi connectivity index (χ3n) is 7.41. The van der Waals surface area contributed by atoms with Crippen molar-refractivity contribution in [3.8, 4) is 11.6 Å². The fourth-order valence-electron chi connectivity index (χ4n) is 5.05. The largest absolute Gasteiger partial charge is 0.439 e. The predicted octanol–water partition coefficient (Wildman–Crippen LogP) is 5.54. The summed E-state index contributed by atoms with van der Waals surface area (Å²) in [4.78, 5) is 11.7. The molecule has 0 bridgehead atoms. The fourth-order valence-corrected chi connectivity index (χ4v) is 5.21. The summed E-state index contributed by atoms with van der Waals surface area (Å²) in [6.45, 7) is 6.44. The standard InChI is InChI=1S/C29H35N5O2S/c1-22-12-16-34(17-13-22)25-20-26(36-24-10-6-3-7-11-24)32-27(31-25)33-28(37)30-21-29(14-18-35-19-15-29)23-8-4-2-5-9-23/h2-11,20,22H,12-19,21H2,1H3,(H2,30,31,32,33,37). The van der Waals surface area contributed by atoms with Crippen molar-refractivity contribution in [2.45, 2.75) is 38.0 Å². The van der Waals surface area contributed by atoms with Crippen molar-refractivity contribution < 1.29 is 9.47 Å². The number of aromatic nitrogens is 2. The Labute approximate surface area is 224 Å². The molecule has 0 spiro atoms. The van der Waals surface area contributed by atoms with Crippen LogP contribution in [0.5, 0.6) is 11.6 Å². The average Bonchev–Trinajstić information content (AvgIpc) is 2.94. The molecule has 2 fully saturated rings. The smallest absolute Gasteiger partial charge is 0.234 e. The molecule has 0 saturated carbocycles. The van der Waals surface area contributed by atoms with Crippen LogP contribution in [0.15, 0.2) is 66.7 Å². The minimum atomic E-state index is -0.0277. The first-order valence-corrected chi connectivity index (χ1v) is 13.6. The van der Waals surface area contributed by atoms with Gasteiger partial charge < -0.3 is 25.0 Å². The Kier molecular flexibility index (Phi) is 8.16. The van der Waals surface area contributed by atoms with E-state index < -0.39 is 0 Å². The van der Waals surface area contributed by atoms with Gasteiger partial charge in [-0.05, 0) is 61.5 Å². The lowest BCUT2D eigenvalue weighted by atomic mass is 9.74. The van der Waals surface area contributed by atoms with E-state index in [-0.39, 0.29) is 5.41 Å². The number of para-hydroxylation sites is 1. The van der Waals surface area contributed by atoms with Crippen LogP contribution in [0.25, 0.3) is 0 Å². The van der Waals surface area contributed by atoms with E-state index in [1.165, 1.54) is 5.56 Å². The highest BCUT2D eigenvalue weighted by molar-refractivity contribution is 7.80. The Hall–Kier alpha value is -3.23. The minimum Gasteiger partial charge on any atom is -0.439 e. The number of nitrogens with zero attached hydrogens (tertiary/aromatic N) is 3. The lowest BCUT2D eigenvalue weighted by molar-refractivity contribution is 0.0515. The third-order valence-corrected chi connectivity index (χ3v) is 7.66. The summed E-state index contributed by atoms with van der Waals surface area (Å²) in [5, 5.41) is 7.17. The van der Waals surface area contributed by atoms with Crippen molar-refractivity contribution in [1.82, 2.24) is 15.3 Å². The summed E-state index contributed by atoms with van der Waals surface area (Å²) >= 11 is 5.70.